The monoisotopic (exact) mass is 399 g/mol. The van der Waals surface area contributed by atoms with E-state index in [0.29, 0.717) is 5.65 Å². The zero-order chi connectivity index (χ0) is 20.7. The zero-order valence-electron chi connectivity index (χ0n) is 16.3. The van der Waals surface area contributed by atoms with Gasteiger partial charge in [0.25, 0.3) is 0 Å². The molecule has 1 amide bonds. The lowest BCUT2D eigenvalue weighted by atomic mass is 9.72. The number of carbonyl (C=O) groups excluding carboxylic acids is 1. The highest BCUT2D eigenvalue weighted by molar-refractivity contribution is 5.82. The first-order chi connectivity index (χ1) is 14.5. The van der Waals surface area contributed by atoms with Gasteiger partial charge < -0.3 is 16.2 Å². The summed E-state index contributed by atoms with van der Waals surface area (Å²) in [5.41, 5.74) is 16.8. The van der Waals surface area contributed by atoms with Gasteiger partial charge in [-0.25, -0.2) is 14.8 Å². The molecule has 0 atom stereocenters. The fourth-order valence-corrected chi connectivity index (χ4v) is 3.97. The normalized spacial score (nSPS) is 15.0. The third-order valence-electron chi connectivity index (χ3n) is 5.72. The number of amides is 1. The van der Waals surface area contributed by atoms with Gasteiger partial charge >= 0.3 is 6.09 Å². The smallest absolute Gasteiger partial charge is 0.390 e. The standard InChI is InChI=1S/C23H21N5O2/c24-22(29)30-19-14-28-18(13-26-19)27-20(21(28)16-5-2-1-3-6-16)15-7-9-17(10-8-15)23(25)11-4-12-23/h1-3,5-10,13-14H,4,11-12,25H2,(H2,24,29). The fraction of sp³-hybridized carbons (Fsp3) is 0.174. The first-order valence-electron chi connectivity index (χ1n) is 9.84. The summed E-state index contributed by atoms with van der Waals surface area (Å²) in [6.07, 6.45) is 5.48. The van der Waals surface area contributed by atoms with Gasteiger partial charge in [0.05, 0.1) is 23.8 Å². The molecule has 0 unspecified atom stereocenters. The average Bonchev–Trinajstić information content (AvgIpc) is 3.11. The second kappa shape index (κ2) is 6.96. The molecule has 5 rings (SSSR count). The van der Waals surface area contributed by atoms with E-state index < -0.39 is 6.09 Å². The summed E-state index contributed by atoms with van der Waals surface area (Å²) in [6.45, 7) is 0. The van der Waals surface area contributed by atoms with E-state index in [1.165, 1.54) is 6.42 Å². The second-order valence-electron chi connectivity index (χ2n) is 7.64. The first kappa shape index (κ1) is 18.3. The molecule has 0 bridgehead atoms. The maximum atomic E-state index is 11.2. The number of fused-ring (bicyclic) bond motifs is 1. The van der Waals surface area contributed by atoms with Crippen LogP contribution >= 0.6 is 0 Å². The molecule has 0 radical (unpaired) electrons. The molecule has 0 spiro atoms. The first-order valence-corrected chi connectivity index (χ1v) is 9.84. The number of primary amides is 1. The summed E-state index contributed by atoms with van der Waals surface area (Å²) < 4.78 is 6.83. The Morgan fingerprint density at radius 2 is 1.77 bits per heavy atom. The minimum Gasteiger partial charge on any atom is -0.390 e. The number of hydrogen-bond acceptors (Lipinski definition) is 5. The van der Waals surface area contributed by atoms with Crippen LogP contribution in [0.5, 0.6) is 5.88 Å². The van der Waals surface area contributed by atoms with Crippen LogP contribution in [0.2, 0.25) is 0 Å². The lowest BCUT2D eigenvalue weighted by Gasteiger charge is -2.38. The summed E-state index contributed by atoms with van der Waals surface area (Å²) in [7, 11) is 0. The molecular weight excluding hydrogens is 378 g/mol. The maximum absolute atomic E-state index is 11.2. The Bertz CT molecular complexity index is 1230. The molecule has 0 aliphatic heterocycles. The number of carbonyl (C=O) groups is 1. The van der Waals surface area contributed by atoms with Crippen LogP contribution in [0.15, 0.2) is 67.0 Å². The van der Waals surface area contributed by atoms with Crippen molar-refractivity contribution in [3.63, 3.8) is 0 Å². The van der Waals surface area contributed by atoms with E-state index in [0.717, 1.165) is 40.9 Å². The second-order valence-corrected chi connectivity index (χ2v) is 7.64. The van der Waals surface area contributed by atoms with Crippen molar-refractivity contribution >= 4 is 11.7 Å². The molecule has 2 heterocycles. The molecular formula is C23H21N5O2. The fourth-order valence-electron chi connectivity index (χ4n) is 3.97. The van der Waals surface area contributed by atoms with Crippen molar-refractivity contribution in [2.45, 2.75) is 24.8 Å². The molecule has 0 saturated heterocycles. The molecule has 4 aromatic rings. The average molecular weight is 399 g/mol. The van der Waals surface area contributed by atoms with Gasteiger partial charge in [0, 0.05) is 16.7 Å². The van der Waals surface area contributed by atoms with Gasteiger partial charge in [0.2, 0.25) is 5.88 Å². The van der Waals surface area contributed by atoms with Crippen molar-refractivity contribution in [2.24, 2.45) is 11.5 Å². The van der Waals surface area contributed by atoms with Crippen LogP contribution in [0.3, 0.4) is 0 Å². The molecule has 2 aromatic heterocycles. The summed E-state index contributed by atoms with van der Waals surface area (Å²) in [4.78, 5) is 20.1. The Morgan fingerprint density at radius 3 is 2.40 bits per heavy atom. The van der Waals surface area contributed by atoms with Crippen molar-refractivity contribution in [3.05, 3.63) is 72.6 Å². The summed E-state index contributed by atoms with van der Waals surface area (Å²) in [5, 5.41) is 0. The molecule has 1 aliphatic rings. The van der Waals surface area contributed by atoms with Gasteiger partial charge in [-0.1, -0.05) is 54.6 Å². The van der Waals surface area contributed by atoms with E-state index in [-0.39, 0.29) is 11.4 Å². The largest absolute Gasteiger partial charge is 0.411 e. The Hall–Kier alpha value is -3.71. The number of ether oxygens (including phenoxy) is 1. The van der Waals surface area contributed by atoms with E-state index in [9.17, 15) is 4.79 Å². The predicted octanol–water partition coefficient (Wildman–Crippen LogP) is 3.86. The Labute approximate surface area is 173 Å². The Balaban J connectivity index is 1.66. The maximum Gasteiger partial charge on any atom is 0.411 e. The van der Waals surface area contributed by atoms with Gasteiger partial charge in [-0.05, 0) is 24.8 Å². The Morgan fingerprint density at radius 1 is 1.03 bits per heavy atom. The van der Waals surface area contributed by atoms with Gasteiger partial charge in [-0.3, -0.25) is 4.40 Å². The molecule has 2 aromatic carbocycles. The number of nitrogens with zero attached hydrogens (tertiary/aromatic N) is 3. The highest BCUT2D eigenvalue weighted by atomic mass is 16.6. The molecule has 7 nitrogen and oxygen atoms in total. The third-order valence-corrected chi connectivity index (χ3v) is 5.72. The number of imidazole rings is 1. The van der Waals surface area contributed by atoms with Crippen molar-refractivity contribution in [1.29, 1.82) is 0 Å². The molecule has 7 heteroatoms. The van der Waals surface area contributed by atoms with E-state index in [1.54, 1.807) is 12.4 Å². The molecule has 150 valence electrons. The van der Waals surface area contributed by atoms with Crippen molar-refractivity contribution in [3.8, 4) is 28.4 Å². The van der Waals surface area contributed by atoms with E-state index in [4.69, 9.17) is 21.2 Å². The minimum atomic E-state index is -0.911. The van der Waals surface area contributed by atoms with E-state index >= 15 is 0 Å². The van der Waals surface area contributed by atoms with Gasteiger partial charge in [0.1, 0.15) is 0 Å². The van der Waals surface area contributed by atoms with Crippen molar-refractivity contribution in [2.75, 3.05) is 0 Å². The van der Waals surface area contributed by atoms with Crippen LogP contribution in [0.25, 0.3) is 28.2 Å². The predicted molar refractivity (Wildman–Crippen MR) is 114 cm³/mol. The van der Waals surface area contributed by atoms with E-state index in [1.807, 2.05) is 34.7 Å². The number of benzene rings is 2. The molecule has 30 heavy (non-hydrogen) atoms. The lowest BCUT2D eigenvalue weighted by molar-refractivity contribution is 0.209. The van der Waals surface area contributed by atoms with Gasteiger partial charge in [-0.2, -0.15) is 0 Å². The van der Waals surface area contributed by atoms with Crippen LogP contribution in [-0.2, 0) is 5.54 Å². The van der Waals surface area contributed by atoms with Crippen LogP contribution < -0.4 is 16.2 Å². The SMILES string of the molecule is NC(=O)Oc1cn2c(-c3ccccc3)c(-c3ccc(C4(N)CCC4)cc3)nc2cn1. The topological polar surface area (TPSA) is 109 Å². The lowest BCUT2D eigenvalue weighted by Crippen LogP contribution is -2.43. The third kappa shape index (κ3) is 3.09. The van der Waals surface area contributed by atoms with Gasteiger partial charge in [-0.15, -0.1) is 0 Å². The molecule has 1 saturated carbocycles. The number of rotatable bonds is 4. The Kier molecular flexibility index (Phi) is 4.25. The summed E-state index contributed by atoms with van der Waals surface area (Å²) in [5.74, 6) is 0.113. The van der Waals surface area contributed by atoms with Crippen molar-refractivity contribution < 1.29 is 9.53 Å². The van der Waals surface area contributed by atoms with Gasteiger partial charge in [0.15, 0.2) is 5.65 Å². The molecule has 1 fully saturated rings. The highest BCUT2D eigenvalue weighted by Crippen LogP contribution is 2.40. The van der Waals surface area contributed by atoms with Crippen LogP contribution in [0.4, 0.5) is 4.79 Å². The molecule has 4 N–H and O–H groups in total. The summed E-state index contributed by atoms with van der Waals surface area (Å²) >= 11 is 0. The number of hydrogen-bond donors (Lipinski definition) is 2. The minimum absolute atomic E-state index is 0.113. The van der Waals surface area contributed by atoms with Crippen LogP contribution in [0.1, 0.15) is 24.8 Å². The van der Waals surface area contributed by atoms with Crippen molar-refractivity contribution in [1.82, 2.24) is 14.4 Å². The molecule has 1 aliphatic carbocycles. The highest BCUT2D eigenvalue weighted by Gasteiger charge is 2.34. The number of aromatic nitrogens is 3. The quantitative estimate of drug-likeness (QED) is 0.542. The van der Waals surface area contributed by atoms with Crippen LogP contribution in [0, 0.1) is 0 Å². The number of nitrogens with two attached hydrogens (primary N) is 2. The summed E-state index contributed by atoms with van der Waals surface area (Å²) in [6, 6.07) is 18.2. The van der Waals surface area contributed by atoms with E-state index in [2.05, 4.69) is 29.2 Å². The zero-order valence-corrected chi connectivity index (χ0v) is 16.3. The van der Waals surface area contributed by atoms with Crippen LogP contribution in [-0.4, -0.2) is 20.5 Å².